The van der Waals surface area contributed by atoms with Gasteiger partial charge in [0.15, 0.2) is 0 Å². The zero-order valence-corrected chi connectivity index (χ0v) is 19.0. The van der Waals surface area contributed by atoms with E-state index in [4.69, 9.17) is 19.9 Å². The Morgan fingerprint density at radius 2 is 1.15 bits per heavy atom. The molecule has 0 aliphatic heterocycles. The van der Waals surface area contributed by atoms with Crippen LogP contribution < -0.4 is 0 Å². The van der Waals surface area contributed by atoms with Gasteiger partial charge in [-0.05, 0) is 13.8 Å². The second-order valence-corrected chi connectivity index (χ2v) is 7.84. The number of ketones is 1. The summed E-state index contributed by atoms with van der Waals surface area (Å²) in [5.74, 6) is -1.43. The summed E-state index contributed by atoms with van der Waals surface area (Å²) in [6.45, 7) is 16.5. The Morgan fingerprint density at radius 1 is 0.846 bits per heavy atom. The summed E-state index contributed by atoms with van der Waals surface area (Å²) in [5.41, 5.74) is 0. The van der Waals surface area contributed by atoms with E-state index in [2.05, 4.69) is 4.74 Å². The Balaban J connectivity index is -0.000000352. The minimum atomic E-state index is -2.18. The van der Waals surface area contributed by atoms with Crippen molar-refractivity contribution in [3.05, 3.63) is 0 Å². The van der Waals surface area contributed by atoms with Gasteiger partial charge in [-0.1, -0.05) is 0 Å². The number of carboxylic acid groups (broad SMARTS) is 1. The van der Waals surface area contributed by atoms with E-state index in [9.17, 15) is 9.59 Å². The van der Waals surface area contributed by atoms with Crippen molar-refractivity contribution in [3.63, 3.8) is 0 Å². The average Bonchev–Trinajstić information content (AvgIpc) is 2.34. The van der Waals surface area contributed by atoms with E-state index in [-0.39, 0.29) is 30.5 Å². The standard InChI is InChI=1S/C6H10O3.3C3H7O.C2H4O2.Ti/c1-3-9-6(8)4-5(2)7;3*1-3(2)4;1-2(3)4;/h3-4H2,1-2H3;3*3H,1-2H3;1H3,(H,3,4);/q;3*-1;;+3. The quantitative estimate of drug-likeness (QED) is 0.347. The predicted octanol–water partition coefficient (Wildman–Crippen LogP) is 3.24. The molecule has 26 heavy (non-hydrogen) atoms. The minimum Gasteiger partial charge on any atom is -0.466 e. The molecule has 9 heteroatoms. The smallest absolute Gasteiger partial charge is 0.313 e. The van der Waals surface area contributed by atoms with Gasteiger partial charge >= 0.3 is 94.8 Å². The molecule has 0 amide bonds. The second-order valence-electron chi connectivity index (χ2n) is 5.95. The summed E-state index contributed by atoms with van der Waals surface area (Å²) in [4.78, 5) is 29.6. The van der Waals surface area contributed by atoms with Gasteiger partial charge in [0.1, 0.15) is 12.2 Å². The van der Waals surface area contributed by atoms with Gasteiger partial charge in [-0.2, -0.15) is 0 Å². The molecule has 0 radical (unpaired) electrons. The van der Waals surface area contributed by atoms with Gasteiger partial charge in [0, 0.05) is 6.92 Å². The van der Waals surface area contributed by atoms with Crippen LogP contribution >= 0.6 is 0 Å². The molecule has 0 aliphatic rings. The van der Waals surface area contributed by atoms with Crippen LogP contribution in [0.3, 0.4) is 0 Å². The topological polar surface area (TPSA) is 108 Å². The summed E-state index contributed by atoms with van der Waals surface area (Å²) in [6.07, 6.45) is 0.459. The monoisotopic (exact) mass is 415 g/mol. The molecule has 8 nitrogen and oxygen atoms in total. The van der Waals surface area contributed by atoms with Crippen molar-refractivity contribution in [2.45, 2.75) is 87.0 Å². The molecule has 1 N–H and O–H groups in total. The van der Waals surface area contributed by atoms with E-state index in [1.54, 1.807) is 6.92 Å². The molecule has 0 atom stereocenters. The normalized spacial score (nSPS) is 9.85. The van der Waals surface area contributed by atoms with Crippen molar-refractivity contribution >= 4 is 17.7 Å². The summed E-state index contributed by atoms with van der Waals surface area (Å²) in [5, 5.41) is 7.42. The molecule has 0 unspecified atom stereocenters. The number of rotatable bonds is 9. The van der Waals surface area contributed by atoms with Crippen LogP contribution in [0.5, 0.6) is 0 Å². The molecule has 0 rings (SSSR count). The summed E-state index contributed by atoms with van der Waals surface area (Å²) in [6, 6.07) is 0. The van der Waals surface area contributed by atoms with E-state index < -0.39 is 31.0 Å². The number of ether oxygens (including phenoxy) is 1. The van der Waals surface area contributed by atoms with Crippen LogP contribution in [-0.2, 0) is 48.1 Å². The minimum absolute atomic E-state index is 0.103. The molecule has 0 spiro atoms. The molecule has 0 aliphatic carbocycles. The third kappa shape index (κ3) is 34.5. The first-order valence-corrected chi connectivity index (χ1v) is 10.4. The molecule has 0 aromatic heterocycles. The Labute approximate surface area is 164 Å². The Morgan fingerprint density at radius 3 is 1.35 bits per heavy atom. The van der Waals surface area contributed by atoms with Crippen LogP contribution in [-0.4, -0.2) is 47.7 Å². The SMILES string of the molecule is CC(=O)O.CC(C)[O][Ti]([O]C(C)C)[O]C(C)C.CCOC(=O)CC(C)=O. The number of hydrogen-bond acceptors (Lipinski definition) is 7. The maximum atomic E-state index is 10.4. The first-order chi connectivity index (χ1) is 11.8. The van der Waals surface area contributed by atoms with Crippen molar-refractivity contribution < 1.29 is 53.2 Å². The fraction of sp³-hybridized carbons (Fsp3) is 0.824. The van der Waals surface area contributed by atoms with Crippen LogP contribution in [0.25, 0.3) is 0 Å². The van der Waals surface area contributed by atoms with Crippen LogP contribution in [0.4, 0.5) is 0 Å². The van der Waals surface area contributed by atoms with E-state index >= 15 is 0 Å². The van der Waals surface area contributed by atoms with E-state index in [1.165, 1.54) is 6.92 Å². The number of carboxylic acids is 1. The first kappa shape index (κ1) is 29.9. The van der Waals surface area contributed by atoms with Gasteiger partial charge in [0.05, 0.1) is 6.61 Å². The van der Waals surface area contributed by atoms with Crippen molar-refractivity contribution in [1.82, 2.24) is 0 Å². The number of aliphatic carboxylic acids is 1. The fourth-order valence-corrected chi connectivity index (χ4v) is 3.14. The molecule has 0 aromatic carbocycles. The van der Waals surface area contributed by atoms with Gasteiger partial charge in [-0.25, -0.2) is 0 Å². The largest absolute Gasteiger partial charge is 0.466 e. The number of carbonyl (C=O) groups is 3. The van der Waals surface area contributed by atoms with Crippen LogP contribution in [0, 0.1) is 0 Å². The average molecular weight is 415 g/mol. The molecule has 0 saturated carbocycles. The zero-order chi connectivity index (χ0) is 21.3. The first-order valence-electron chi connectivity index (χ1n) is 8.53. The molecule has 0 heterocycles. The molecule has 155 valence electrons. The zero-order valence-electron chi connectivity index (χ0n) is 17.5. The van der Waals surface area contributed by atoms with Crippen molar-refractivity contribution in [3.8, 4) is 0 Å². The maximum absolute atomic E-state index is 10.4. The van der Waals surface area contributed by atoms with Gasteiger partial charge < -0.3 is 9.84 Å². The number of esters is 1. The van der Waals surface area contributed by atoms with E-state index in [0.717, 1.165) is 6.92 Å². The Kier molecular flexibility index (Phi) is 21.9. The Bertz CT molecular complexity index is 355. The van der Waals surface area contributed by atoms with Crippen LogP contribution in [0.1, 0.15) is 68.7 Å². The van der Waals surface area contributed by atoms with Crippen LogP contribution in [0.15, 0.2) is 0 Å². The second kappa shape index (κ2) is 19.0. The third-order valence-electron chi connectivity index (χ3n) is 1.69. The van der Waals surface area contributed by atoms with Gasteiger partial charge in [-0.3, -0.25) is 14.4 Å². The van der Waals surface area contributed by atoms with Gasteiger partial charge in [-0.15, -0.1) is 0 Å². The fourth-order valence-electron chi connectivity index (χ4n) is 1.08. The van der Waals surface area contributed by atoms with Crippen molar-refractivity contribution in [2.24, 2.45) is 0 Å². The maximum Gasteiger partial charge on any atom is 0.313 e. The van der Waals surface area contributed by atoms with Gasteiger partial charge in [0.25, 0.3) is 5.97 Å². The number of hydrogen-bond donors (Lipinski definition) is 1. The summed E-state index contributed by atoms with van der Waals surface area (Å²) in [7, 11) is 0. The molecule has 0 aromatic rings. The summed E-state index contributed by atoms with van der Waals surface area (Å²) < 4.78 is 21.3. The van der Waals surface area contributed by atoms with Crippen molar-refractivity contribution in [2.75, 3.05) is 6.61 Å². The number of carbonyl (C=O) groups excluding carboxylic acids is 2. The van der Waals surface area contributed by atoms with Crippen molar-refractivity contribution in [1.29, 1.82) is 0 Å². The molecular weight excluding hydrogens is 380 g/mol. The summed E-state index contributed by atoms with van der Waals surface area (Å²) >= 11 is -2.18. The molecule has 0 saturated heterocycles. The van der Waals surface area contributed by atoms with Crippen LogP contribution in [0.2, 0.25) is 0 Å². The van der Waals surface area contributed by atoms with E-state index in [0.29, 0.717) is 6.61 Å². The predicted molar refractivity (Wildman–Crippen MR) is 93.9 cm³/mol. The molecular formula is C17H35O8Ti. The molecule has 0 bridgehead atoms. The van der Waals surface area contributed by atoms with Gasteiger partial charge in [0.2, 0.25) is 0 Å². The Hall–Kier alpha value is -0.796. The number of Topliss-reactive ketones (excluding diaryl/α,β-unsaturated/α-hetero) is 1. The molecule has 0 fully saturated rings. The van der Waals surface area contributed by atoms with E-state index in [1.807, 2.05) is 41.5 Å². The third-order valence-corrected chi connectivity index (χ3v) is 4.80.